The van der Waals surface area contributed by atoms with Crippen LogP contribution in [0.5, 0.6) is 0 Å². The predicted molar refractivity (Wildman–Crippen MR) is 391 cm³/mol. The number of aliphatic hydroxyl groups excluding tert-OH is 8. The number of rotatable bonds is 61. The van der Waals surface area contributed by atoms with Gasteiger partial charge in [-0.3, -0.25) is 4.79 Å². The summed E-state index contributed by atoms with van der Waals surface area (Å²) in [4.78, 5) is 13.3. The van der Waals surface area contributed by atoms with Crippen LogP contribution in [0, 0.1) is 0 Å². The average Bonchev–Trinajstić information content (AvgIpc) is 0.801. The van der Waals surface area contributed by atoms with Gasteiger partial charge >= 0.3 is 0 Å². The summed E-state index contributed by atoms with van der Waals surface area (Å²) in [6.07, 6.45) is 78.0. The van der Waals surface area contributed by atoms with Crippen LogP contribution in [0.3, 0.4) is 0 Å². The summed E-state index contributed by atoms with van der Waals surface area (Å²) in [6.45, 7) is 2.66. The summed E-state index contributed by atoms with van der Waals surface area (Å²) in [5.74, 6) is -0.284. The number of hydrogen-bond acceptors (Lipinski definition) is 13. The molecule has 0 radical (unpaired) electrons. The topological polar surface area (TPSA) is 228 Å². The summed E-state index contributed by atoms with van der Waals surface area (Å²) < 4.78 is 22.8. The summed E-state index contributed by atoms with van der Waals surface area (Å²) in [5, 5.41) is 87.5. The van der Waals surface area contributed by atoms with E-state index in [4.69, 9.17) is 18.9 Å². The summed E-state index contributed by atoms with van der Waals surface area (Å²) in [7, 11) is 0. The molecule has 2 aliphatic heterocycles. The molecule has 2 rings (SSSR count). The molecular formula is C81H137NO13. The molecule has 0 spiro atoms. The van der Waals surface area contributed by atoms with Gasteiger partial charge in [0.05, 0.1) is 32.0 Å². The van der Waals surface area contributed by atoms with Crippen molar-refractivity contribution in [1.82, 2.24) is 5.32 Å². The summed E-state index contributed by atoms with van der Waals surface area (Å²) in [5.41, 5.74) is 0. The zero-order valence-corrected chi connectivity index (χ0v) is 59.4. The fraction of sp³-hybridized carbons (Fsp3) is 0.716. The second-order valence-corrected chi connectivity index (χ2v) is 26.0. The van der Waals surface area contributed by atoms with Crippen molar-refractivity contribution in [3.05, 3.63) is 134 Å². The molecule has 12 unspecified atom stereocenters. The maximum atomic E-state index is 13.3. The first-order valence-corrected chi connectivity index (χ1v) is 37.9. The van der Waals surface area contributed by atoms with Gasteiger partial charge in [0.2, 0.25) is 5.91 Å². The van der Waals surface area contributed by atoms with Crippen LogP contribution >= 0.6 is 0 Å². The van der Waals surface area contributed by atoms with Crippen molar-refractivity contribution in [2.45, 2.75) is 351 Å². The van der Waals surface area contributed by atoms with Crippen molar-refractivity contribution in [2.75, 3.05) is 19.8 Å². The van der Waals surface area contributed by atoms with E-state index in [1.165, 1.54) is 154 Å². The maximum absolute atomic E-state index is 13.3. The molecule has 544 valence electrons. The van der Waals surface area contributed by atoms with E-state index in [9.17, 15) is 45.6 Å². The number of unbranched alkanes of at least 4 members (excludes halogenated alkanes) is 28. The molecule has 0 aliphatic carbocycles. The third-order valence-corrected chi connectivity index (χ3v) is 17.6. The number of carbonyl (C=O) groups is 1. The molecule has 95 heavy (non-hydrogen) atoms. The standard InChI is InChI=1S/C81H137NO13/c1-3-5-7-9-11-13-15-17-19-21-23-25-27-29-31-33-35-37-39-41-43-45-47-49-51-53-55-57-59-61-63-65-73(86)82-69(68-92-80-78(91)76(89)79(72(67-84)94-80)95-81-77(90)75(88)74(87)71(66-83)93-81)70(85)64-62-60-58-56-54-52-50-48-46-44-42-40-38-36-34-32-30-28-26-24-22-20-18-16-14-12-10-8-6-4-2/h5,7,11,13,17,19,23,25,29,31,35,37,41,43,47,49,53-56,62,64,69-72,74-81,83-85,87-91H,3-4,6,8-10,12,14-16,18,20-22,24,26-28,30,32-34,36,38-40,42,44-46,48,50-52,57-61,63,65-68H2,1-2H3,(H,82,86)/b7-5-,13-11-,19-17-,25-23-,31-29-,37-35-,43-41-,49-47-,55-53-,56-54+,64-62+. The van der Waals surface area contributed by atoms with Crippen molar-refractivity contribution in [1.29, 1.82) is 0 Å². The van der Waals surface area contributed by atoms with Crippen LogP contribution in [0.25, 0.3) is 0 Å². The van der Waals surface area contributed by atoms with Crippen LogP contribution in [0.1, 0.15) is 277 Å². The Bertz CT molecular complexity index is 2110. The third-order valence-electron chi connectivity index (χ3n) is 17.6. The van der Waals surface area contributed by atoms with Gasteiger partial charge in [0.25, 0.3) is 0 Å². The highest BCUT2D eigenvalue weighted by atomic mass is 16.7. The first kappa shape index (κ1) is 87.2. The fourth-order valence-corrected chi connectivity index (χ4v) is 11.6. The molecule has 2 saturated heterocycles. The van der Waals surface area contributed by atoms with Crippen LogP contribution in [-0.4, -0.2) is 140 Å². The lowest BCUT2D eigenvalue weighted by Gasteiger charge is -2.46. The van der Waals surface area contributed by atoms with Gasteiger partial charge in [0.1, 0.15) is 48.8 Å². The van der Waals surface area contributed by atoms with Gasteiger partial charge in [0, 0.05) is 6.42 Å². The Hall–Kier alpha value is -3.87. The lowest BCUT2D eigenvalue weighted by atomic mass is 9.97. The van der Waals surface area contributed by atoms with E-state index in [2.05, 4.69) is 141 Å². The van der Waals surface area contributed by atoms with Crippen LogP contribution in [0.2, 0.25) is 0 Å². The molecule has 14 heteroatoms. The normalized spacial score (nSPS) is 23.1. The molecule has 0 aromatic heterocycles. The molecule has 2 fully saturated rings. The Morgan fingerprint density at radius 1 is 0.389 bits per heavy atom. The Morgan fingerprint density at radius 2 is 0.737 bits per heavy atom. The van der Waals surface area contributed by atoms with Crippen LogP contribution < -0.4 is 5.32 Å². The molecule has 0 saturated carbocycles. The minimum Gasteiger partial charge on any atom is -0.394 e. The number of carbonyl (C=O) groups excluding carboxylic acids is 1. The van der Waals surface area contributed by atoms with Crippen LogP contribution in [0.4, 0.5) is 0 Å². The van der Waals surface area contributed by atoms with Gasteiger partial charge in [-0.25, -0.2) is 0 Å². The number of hydrogen-bond donors (Lipinski definition) is 9. The zero-order valence-electron chi connectivity index (χ0n) is 59.4. The second-order valence-electron chi connectivity index (χ2n) is 26.0. The fourth-order valence-electron chi connectivity index (χ4n) is 11.6. The molecule has 9 N–H and O–H groups in total. The van der Waals surface area contributed by atoms with E-state index in [1.54, 1.807) is 6.08 Å². The average molecular weight is 1330 g/mol. The first-order valence-electron chi connectivity index (χ1n) is 37.9. The van der Waals surface area contributed by atoms with E-state index >= 15 is 0 Å². The molecule has 14 nitrogen and oxygen atoms in total. The van der Waals surface area contributed by atoms with Gasteiger partial charge in [-0.1, -0.05) is 302 Å². The molecule has 0 aromatic rings. The highest BCUT2D eigenvalue weighted by molar-refractivity contribution is 5.76. The number of amides is 1. The number of nitrogens with one attached hydrogen (secondary N) is 1. The molecule has 12 atom stereocenters. The minimum atomic E-state index is -1.80. The smallest absolute Gasteiger partial charge is 0.220 e. The van der Waals surface area contributed by atoms with E-state index in [1.807, 2.05) is 6.08 Å². The van der Waals surface area contributed by atoms with Crippen LogP contribution in [-0.2, 0) is 23.7 Å². The number of ether oxygens (including phenoxy) is 4. The quantitative estimate of drug-likeness (QED) is 0.0204. The first-order chi connectivity index (χ1) is 46.6. The summed E-state index contributed by atoms with van der Waals surface area (Å²) >= 11 is 0. The van der Waals surface area contributed by atoms with Crippen molar-refractivity contribution in [2.24, 2.45) is 0 Å². The van der Waals surface area contributed by atoms with Crippen LogP contribution in [0.15, 0.2) is 134 Å². The molecular weight excluding hydrogens is 1190 g/mol. The third kappa shape index (κ3) is 46.9. The van der Waals surface area contributed by atoms with E-state index < -0.39 is 86.8 Å². The maximum Gasteiger partial charge on any atom is 0.220 e. The van der Waals surface area contributed by atoms with E-state index in [0.717, 1.165) is 89.9 Å². The van der Waals surface area contributed by atoms with Crippen molar-refractivity contribution in [3.63, 3.8) is 0 Å². The number of aliphatic hydroxyl groups is 8. The second kappa shape index (κ2) is 63.6. The Kier molecular flexibility index (Phi) is 58.4. The highest BCUT2D eigenvalue weighted by Gasteiger charge is 2.51. The lowest BCUT2D eigenvalue weighted by molar-refractivity contribution is -0.359. The summed E-state index contributed by atoms with van der Waals surface area (Å²) in [6, 6.07) is -0.962. The van der Waals surface area contributed by atoms with Gasteiger partial charge in [-0.15, -0.1) is 0 Å². The SMILES string of the molecule is CC/C=C\C/C=C\C/C=C\C/C=C\C/C=C\C/C=C\C/C=C\C/C=C\C/C=C\CCCCCC(=O)NC(COC1OC(CO)C(OC2OC(CO)C(O)C(O)C2O)C(O)C1O)C(O)/C=C/CC/C=C/CCCCCCCCCCCCCCCCCCCCCCCCCC. The molecule has 1 amide bonds. The van der Waals surface area contributed by atoms with Crippen molar-refractivity contribution < 1.29 is 64.6 Å². The van der Waals surface area contributed by atoms with Crippen molar-refractivity contribution >= 4 is 5.91 Å². The molecule has 2 heterocycles. The highest BCUT2D eigenvalue weighted by Crippen LogP contribution is 2.30. The van der Waals surface area contributed by atoms with Gasteiger partial charge in [-0.2, -0.15) is 0 Å². The molecule has 0 bridgehead atoms. The van der Waals surface area contributed by atoms with Gasteiger partial charge in [0.15, 0.2) is 12.6 Å². The Labute approximate surface area is 577 Å². The largest absolute Gasteiger partial charge is 0.394 e. The van der Waals surface area contributed by atoms with E-state index in [0.29, 0.717) is 12.8 Å². The Morgan fingerprint density at radius 3 is 1.16 bits per heavy atom. The lowest BCUT2D eigenvalue weighted by Crippen LogP contribution is -2.65. The zero-order chi connectivity index (χ0) is 68.7. The van der Waals surface area contributed by atoms with Gasteiger partial charge < -0.3 is 65.1 Å². The Balaban J connectivity index is 1.70. The molecule has 0 aromatic carbocycles. The minimum absolute atomic E-state index is 0.224. The van der Waals surface area contributed by atoms with Gasteiger partial charge in [-0.05, 0) is 103 Å². The predicted octanol–water partition coefficient (Wildman–Crippen LogP) is 16.6. The molecule has 2 aliphatic rings. The van der Waals surface area contributed by atoms with Crippen molar-refractivity contribution in [3.8, 4) is 0 Å². The monoisotopic (exact) mass is 1330 g/mol. The van der Waals surface area contributed by atoms with E-state index in [-0.39, 0.29) is 18.9 Å². The number of allylic oxidation sites excluding steroid dienone is 21.